The number of rotatable bonds is 4. The third kappa shape index (κ3) is 3.09. The van der Waals surface area contributed by atoms with Gasteiger partial charge in [0.25, 0.3) is 0 Å². The van der Waals surface area contributed by atoms with Gasteiger partial charge < -0.3 is 15.4 Å². The summed E-state index contributed by atoms with van der Waals surface area (Å²) in [4.78, 5) is 12.1. The maximum absolute atomic E-state index is 12.1. The van der Waals surface area contributed by atoms with Gasteiger partial charge in [-0.3, -0.25) is 4.79 Å². The second-order valence-corrected chi connectivity index (χ2v) is 4.86. The van der Waals surface area contributed by atoms with Crippen LogP contribution in [0.5, 0.6) is 0 Å². The second-order valence-electron chi connectivity index (χ2n) is 4.86. The fourth-order valence-corrected chi connectivity index (χ4v) is 2.30. The number of anilines is 1. The van der Waals surface area contributed by atoms with Gasteiger partial charge in [-0.15, -0.1) is 0 Å². The standard InChI is InChI=1S/C14H20N2O2/c1-10-7-15-8-13(10)14(17)16-12-5-3-4-11(6-12)9-18-2/h3-6,10,13,15H,7-9H2,1-2H3,(H,16,17)/t10-,13-/m1/s1. The van der Waals surface area contributed by atoms with Crippen molar-refractivity contribution in [3.63, 3.8) is 0 Å². The summed E-state index contributed by atoms with van der Waals surface area (Å²) in [5, 5.41) is 6.22. The molecule has 4 heteroatoms. The summed E-state index contributed by atoms with van der Waals surface area (Å²) in [5.74, 6) is 0.560. The molecule has 0 saturated carbocycles. The van der Waals surface area contributed by atoms with Crippen LogP contribution >= 0.6 is 0 Å². The Morgan fingerprint density at radius 1 is 1.50 bits per heavy atom. The number of amides is 1. The fraction of sp³-hybridized carbons (Fsp3) is 0.500. The highest BCUT2D eigenvalue weighted by Crippen LogP contribution is 2.19. The predicted molar refractivity (Wildman–Crippen MR) is 71.3 cm³/mol. The highest BCUT2D eigenvalue weighted by atomic mass is 16.5. The van der Waals surface area contributed by atoms with Crippen LogP contribution in [0.15, 0.2) is 24.3 Å². The molecule has 2 atom stereocenters. The lowest BCUT2D eigenvalue weighted by Crippen LogP contribution is -2.27. The average Bonchev–Trinajstić information content (AvgIpc) is 2.76. The average molecular weight is 248 g/mol. The van der Waals surface area contributed by atoms with E-state index in [1.807, 2.05) is 24.3 Å². The molecule has 1 aliphatic rings. The van der Waals surface area contributed by atoms with Gasteiger partial charge in [-0.2, -0.15) is 0 Å². The Morgan fingerprint density at radius 3 is 3.00 bits per heavy atom. The van der Waals surface area contributed by atoms with Crippen molar-refractivity contribution in [3.05, 3.63) is 29.8 Å². The Morgan fingerprint density at radius 2 is 2.33 bits per heavy atom. The number of methoxy groups -OCH3 is 1. The maximum Gasteiger partial charge on any atom is 0.229 e. The highest BCUT2D eigenvalue weighted by molar-refractivity contribution is 5.93. The Hall–Kier alpha value is -1.39. The van der Waals surface area contributed by atoms with Crippen molar-refractivity contribution >= 4 is 11.6 Å². The Labute approximate surface area is 108 Å². The minimum absolute atomic E-state index is 0.0658. The molecule has 0 unspecified atom stereocenters. The minimum Gasteiger partial charge on any atom is -0.380 e. The third-order valence-electron chi connectivity index (χ3n) is 3.36. The quantitative estimate of drug-likeness (QED) is 0.851. The first-order valence-corrected chi connectivity index (χ1v) is 6.30. The van der Waals surface area contributed by atoms with Crippen LogP contribution in [0.3, 0.4) is 0 Å². The summed E-state index contributed by atoms with van der Waals surface area (Å²) in [6.45, 7) is 4.35. The molecule has 0 radical (unpaired) electrons. The largest absolute Gasteiger partial charge is 0.380 e. The molecule has 2 rings (SSSR count). The number of ether oxygens (including phenoxy) is 1. The molecule has 4 nitrogen and oxygen atoms in total. The van der Waals surface area contributed by atoms with Crippen LogP contribution < -0.4 is 10.6 Å². The van der Waals surface area contributed by atoms with Gasteiger partial charge in [0.1, 0.15) is 0 Å². The molecular weight excluding hydrogens is 228 g/mol. The Balaban J connectivity index is 2.00. The second kappa shape index (κ2) is 5.98. The zero-order chi connectivity index (χ0) is 13.0. The Kier molecular flexibility index (Phi) is 4.33. The van der Waals surface area contributed by atoms with Gasteiger partial charge in [0, 0.05) is 19.3 Å². The predicted octanol–water partition coefficient (Wildman–Crippen LogP) is 1.63. The highest BCUT2D eigenvalue weighted by Gasteiger charge is 2.29. The molecule has 1 aliphatic heterocycles. The summed E-state index contributed by atoms with van der Waals surface area (Å²) in [5.41, 5.74) is 1.90. The van der Waals surface area contributed by atoms with Gasteiger partial charge in [0.15, 0.2) is 0 Å². The van der Waals surface area contributed by atoms with Gasteiger partial charge in [-0.1, -0.05) is 19.1 Å². The molecule has 0 aliphatic carbocycles. The number of carbonyl (C=O) groups excluding carboxylic acids is 1. The van der Waals surface area contributed by atoms with E-state index in [-0.39, 0.29) is 11.8 Å². The first kappa shape index (κ1) is 13.1. The molecule has 98 valence electrons. The zero-order valence-electron chi connectivity index (χ0n) is 10.9. The zero-order valence-corrected chi connectivity index (χ0v) is 10.9. The van der Waals surface area contributed by atoms with Crippen LogP contribution in [-0.4, -0.2) is 26.1 Å². The summed E-state index contributed by atoms with van der Waals surface area (Å²) in [6, 6.07) is 7.78. The van der Waals surface area contributed by atoms with Crippen LogP contribution in [0.25, 0.3) is 0 Å². The summed E-state index contributed by atoms with van der Waals surface area (Å²) in [7, 11) is 1.66. The van der Waals surface area contributed by atoms with Crippen molar-refractivity contribution in [2.24, 2.45) is 11.8 Å². The van der Waals surface area contributed by atoms with Gasteiger partial charge in [-0.05, 0) is 30.2 Å². The normalized spacial score (nSPS) is 23.0. The lowest BCUT2D eigenvalue weighted by atomic mass is 9.97. The monoisotopic (exact) mass is 248 g/mol. The number of carbonyl (C=O) groups is 1. The van der Waals surface area contributed by atoms with Crippen molar-refractivity contribution < 1.29 is 9.53 Å². The molecule has 1 heterocycles. The van der Waals surface area contributed by atoms with Crippen molar-refractivity contribution in [2.45, 2.75) is 13.5 Å². The smallest absolute Gasteiger partial charge is 0.229 e. The van der Waals surface area contributed by atoms with Gasteiger partial charge in [0.2, 0.25) is 5.91 Å². The lowest BCUT2D eigenvalue weighted by molar-refractivity contribution is -0.120. The molecule has 0 bridgehead atoms. The van der Waals surface area contributed by atoms with Crippen LogP contribution in [0.2, 0.25) is 0 Å². The van der Waals surface area contributed by atoms with Gasteiger partial charge in [0.05, 0.1) is 12.5 Å². The van der Waals surface area contributed by atoms with E-state index in [2.05, 4.69) is 17.6 Å². The topological polar surface area (TPSA) is 50.4 Å². The van der Waals surface area contributed by atoms with E-state index >= 15 is 0 Å². The van der Waals surface area contributed by atoms with Crippen molar-refractivity contribution in [1.29, 1.82) is 0 Å². The van der Waals surface area contributed by atoms with Crippen molar-refractivity contribution in [3.8, 4) is 0 Å². The van der Waals surface area contributed by atoms with E-state index in [9.17, 15) is 4.79 Å². The van der Waals surface area contributed by atoms with Gasteiger partial charge >= 0.3 is 0 Å². The maximum atomic E-state index is 12.1. The summed E-state index contributed by atoms with van der Waals surface area (Å²) >= 11 is 0. The molecule has 18 heavy (non-hydrogen) atoms. The summed E-state index contributed by atoms with van der Waals surface area (Å²) in [6.07, 6.45) is 0. The van der Waals surface area contributed by atoms with Crippen LogP contribution in [0.4, 0.5) is 5.69 Å². The number of hydrogen-bond acceptors (Lipinski definition) is 3. The van der Waals surface area contributed by atoms with E-state index in [0.29, 0.717) is 12.5 Å². The fourth-order valence-electron chi connectivity index (χ4n) is 2.30. The third-order valence-corrected chi connectivity index (χ3v) is 3.36. The molecular formula is C14H20N2O2. The molecule has 0 aromatic heterocycles. The van der Waals surface area contributed by atoms with E-state index in [1.54, 1.807) is 7.11 Å². The van der Waals surface area contributed by atoms with Crippen LogP contribution in [-0.2, 0) is 16.1 Å². The Bertz CT molecular complexity index is 420. The first-order valence-electron chi connectivity index (χ1n) is 6.30. The number of nitrogens with one attached hydrogen (secondary N) is 2. The molecule has 1 aromatic carbocycles. The molecule has 1 amide bonds. The van der Waals surface area contributed by atoms with Crippen LogP contribution in [0, 0.1) is 11.8 Å². The number of hydrogen-bond donors (Lipinski definition) is 2. The van der Waals surface area contributed by atoms with E-state index in [0.717, 1.165) is 24.3 Å². The van der Waals surface area contributed by atoms with E-state index < -0.39 is 0 Å². The lowest BCUT2D eigenvalue weighted by Gasteiger charge is -2.14. The molecule has 1 saturated heterocycles. The van der Waals surface area contributed by atoms with E-state index in [1.165, 1.54) is 0 Å². The van der Waals surface area contributed by atoms with Crippen LogP contribution in [0.1, 0.15) is 12.5 Å². The van der Waals surface area contributed by atoms with E-state index in [4.69, 9.17) is 4.74 Å². The SMILES string of the molecule is COCc1cccc(NC(=O)[C@@H]2CNC[C@H]2C)c1. The van der Waals surface area contributed by atoms with Crippen molar-refractivity contribution in [2.75, 3.05) is 25.5 Å². The minimum atomic E-state index is 0.0658. The first-order chi connectivity index (χ1) is 8.70. The molecule has 1 aromatic rings. The summed E-state index contributed by atoms with van der Waals surface area (Å²) < 4.78 is 5.08. The van der Waals surface area contributed by atoms with Gasteiger partial charge in [-0.25, -0.2) is 0 Å². The molecule has 0 spiro atoms. The number of benzene rings is 1. The van der Waals surface area contributed by atoms with Crippen molar-refractivity contribution in [1.82, 2.24) is 5.32 Å². The molecule has 2 N–H and O–H groups in total. The molecule has 1 fully saturated rings.